The van der Waals surface area contributed by atoms with Crippen molar-refractivity contribution in [2.75, 3.05) is 11.9 Å². The summed E-state index contributed by atoms with van der Waals surface area (Å²) in [5.41, 5.74) is 7.06. The standard InChI is InChI=1S/C20H32N4O2Si/c1-27(2,3)12-11-26-15-24-18-8-7-17(13-16(18)14-22-24)23-20(19(21)25)9-5-4-6-10-20/h7-8,13-14,23H,4-6,9-12,15H2,1-3H3,(H2,21,25). The van der Waals surface area contributed by atoms with Crippen molar-refractivity contribution in [1.82, 2.24) is 9.78 Å². The second kappa shape index (κ2) is 8.02. The Balaban J connectivity index is 1.68. The fraction of sp³-hybridized carbons (Fsp3) is 0.600. The van der Waals surface area contributed by atoms with E-state index >= 15 is 0 Å². The molecule has 1 aliphatic carbocycles. The summed E-state index contributed by atoms with van der Waals surface area (Å²) < 4.78 is 7.70. The van der Waals surface area contributed by atoms with Crippen LogP contribution in [0.4, 0.5) is 5.69 Å². The molecular weight excluding hydrogens is 356 g/mol. The van der Waals surface area contributed by atoms with Gasteiger partial charge in [0.25, 0.3) is 0 Å². The van der Waals surface area contributed by atoms with Crippen LogP contribution in [-0.4, -0.2) is 35.9 Å². The zero-order valence-corrected chi connectivity index (χ0v) is 17.8. The molecule has 1 aliphatic rings. The summed E-state index contributed by atoms with van der Waals surface area (Å²) in [7, 11) is -1.08. The quantitative estimate of drug-likeness (QED) is 0.530. The minimum absolute atomic E-state index is 0.256. The van der Waals surface area contributed by atoms with Crippen molar-refractivity contribution in [2.45, 2.75) is 70.1 Å². The summed E-state index contributed by atoms with van der Waals surface area (Å²) >= 11 is 0. The van der Waals surface area contributed by atoms with Gasteiger partial charge in [-0.3, -0.25) is 4.79 Å². The number of ether oxygens (including phenoxy) is 1. The third-order valence-electron chi connectivity index (χ3n) is 5.41. The highest BCUT2D eigenvalue weighted by Gasteiger charge is 2.37. The van der Waals surface area contributed by atoms with Gasteiger partial charge in [0.2, 0.25) is 5.91 Å². The molecule has 27 heavy (non-hydrogen) atoms. The minimum Gasteiger partial charge on any atom is -0.371 e. The number of rotatable bonds is 8. The zero-order chi connectivity index (χ0) is 19.5. The Morgan fingerprint density at radius 3 is 2.70 bits per heavy atom. The molecule has 0 unspecified atom stereocenters. The van der Waals surface area contributed by atoms with Gasteiger partial charge in [0.1, 0.15) is 12.3 Å². The molecule has 3 N–H and O–H groups in total. The van der Waals surface area contributed by atoms with Crippen LogP contribution in [0.3, 0.4) is 0 Å². The zero-order valence-electron chi connectivity index (χ0n) is 16.8. The molecule has 1 saturated carbocycles. The first kappa shape index (κ1) is 19.9. The first-order valence-electron chi connectivity index (χ1n) is 9.91. The minimum atomic E-state index is -1.08. The molecule has 1 heterocycles. The van der Waals surface area contributed by atoms with Crippen LogP contribution in [0.5, 0.6) is 0 Å². The van der Waals surface area contributed by atoms with Gasteiger partial charge >= 0.3 is 0 Å². The van der Waals surface area contributed by atoms with Crippen molar-refractivity contribution in [3.8, 4) is 0 Å². The van der Waals surface area contributed by atoms with E-state index < -0.39 is 13.6 Å². The van der Waals surface area contributed by atoms with Crippen LogP contribution in [-0.2, 0) is 16.3 Å². The molecule has 148 valence electrons. The smallest absolute Gasteiger partial charge is 0.243 e. The number of primary amides is 1. The number of fused-ring (bicyclic) bond motifs is 1. The van der Waals surface area contributed by atoms with Gasteiger partial charge in [-0.15, -0.1) is 0 Å². The molecule has 3 rings (SSSR count). The molecule has 1 aromatic carbocycles. The maximum absolute atomic E-state index is 12.1. The van der Waals surface area contributed by atoms with Crippen molar-refractivity contribution in [3.63, 3.8) is 0 Å². The van der Waals surface area contributed by atoms with Gasteiger partial charge < -0.3 is 15.8 Å². The number of anilines is 1. The summed E-state index contributed by atoms with van der Waals surface area (Å²) in [5, 5.41) is 8.91. The SMILES string of the molecule is C[Si](C)(C)CCOCn1ncc2cc(NC3(C(N)=O)CCCCC3)ccc21. The van der Waals surface area contributed by atoms with Crippen LogP contribution >= 0.6 is 0 Å². The molecule has 0 saturated heterocycles. The number of nitrogens with one attached hydrogen (secondary N) is 1. The molecule has 0 atom stereocenters. The highest BCUT2D eigenvalue weighted by Crippen LogP contribution is 2.32. The number of carbonyl (C=O) groups excluding carboxylic acids is 1. The van der Waals surface area contributed by atoms with Crippen molar-refractivity contribution < 1.29 is 9.53 Å². The largest absolute Gasteiger partial charge is 0.371 e. The fourth-order valence-corrected chi connectivity index (χ4v) is 4.42. The Kier molecular flexibility index (Phi) is 5.91. The summed E-state index contributed by atoms with van der Waals surface area (Å²) in [6, 6.07) is 7.22. The molecule has 1 amide bonds. The average Bonchev–Trinajstić information content (AvgIpc) is 3.01. The van der Waals surface area contributed by atoms with E-state index in [9.17, 15) is 4.79 Å². The van der Waals surface area contributed by atoms with Gasteiger partial charge in [0.05, 0.1) is 11.7 Å². The number of amides is 1. The lowest BCUT2D eigenvalue weighted by Gasteiger charge is -2.36. The molecule has 1 fully saturated rings. The van der Waals surface area contributed by atoms with E-state index in [1.165, 1.54) is 6.42 Å². The summed E-state index contributed by atoms with van der Waals surface area (Å²) in [5.74, 6) is -0.256. The lowest BCUT2D eigenvalue weighted by molar-refractivity contribution is -0.123. The van der Waals surface area contributed by atoms with Gasteiger partial charge in [0, 0.05) is 25.8 Å². The number of nitrogens with two attached hydrogens (primary N) is 1. The third kappa shape index (κ3) is 4.90. The molecule has 1 aromatic heterocycles. The summed E-state index contributed by atoms with van der Waals surface area (Å²) in [6.45, 7) is 8.28. The van der Waals surface area contributed by atoms with E-state index in [0.717, 1.165) is 54.9 Å². The Morgan fingerprint density at radius 1 is 1.30 bits per heavy atom. The molecule has 6 nitrogen and oxygen atoms in total. The predicted octanol–water partition coefficient (Wildman–Crippen LogP) is 3.95. The van der Waals surface area contributed by atoms with Gasteiger partial charge in [0.15, 0.2) is 0 Å². The number of aromatic nitrogens is 2. The molecule has 0 spiro atoms. The third-order valence-corrected chi connectivity index (χ3v) is 7.12. The highest BCUT2D eigenvalue weighted by atomic mass is 28.3. The number of benzene rings is 1. The second-order valence-corrected chi connectivity index (χ2v) is 14.5. The number of nitrogens with zero attached hydrogens (tertiary/aromatic N) is 2. The normalized spacial score (nSPS) is 17.1. The van der Waals surface area contributed by atoms with Crippen LogP contribution in [0.1, 0.15) is 32.1 Å². The van der Waals surface area contributed by atoms with Crippen molar-refractivity contribution in [3.05, 3.63) is 24.4 Å². The molecule has 0 bridgehead atoms. The van der Waals surface area contributed by atoms with Crippen molar-refractivity contribution in [1.29, 1.82) is 0 Å². The molecular formula is C20H32N4O2Si. The van der Waals surface area contributed by atoms with E-state index in [1.807, 2.05) is 29.1 Å². The number of hydrogen-bond acceptors (Lipinski definition) is 4. The van der Waals surface area contributed by atoms with Crippen LogP contribution in [0.15, 0.2) is 24.4 Å². The monoisotopic (exact) mass is 388 g/mol. The van der Waals surface area contributed by atoms with E-state index in [-0.39, 0.29) is 5.91 Å². The van der Waals surface area contributed by atoms with E-state index in [1.54, 1.807) is 0 Å². The average molecular weight is 389 g/mol. The fourth-order valence-electron chi connectivity index (χ4n) is 3.66. The highest BCUT2D eigenvalue weighted by molar-refractivity contribution is 6.76. The van der Waals surface area contributed by atoms with Crippen LogP contribution in [0, 0.1) is 0 Å². The predicted molar refractivity (Wildman–Crippen MR) is 112 cm³/mol. The molecule has 7 heteroatoms. The van der Waals surface area contributed by atoms with E-state index in [2.05, 4.69) is 30.1 Å². The Morgan fingerprint density at radius 2 is 2.04 bits per heavy atom. The maximum atomic E-state index is 12.1. The van der Waals surface area contributed by atoms with Gasteiger partial charge in [-0.05, 0) is 37.1 Å². The van der Waals surface area contributed by atoms with E-state index in [4.69, 9.17) is 10.5 Å². The summed E-state index contributed by atoms with van der Waals surface area (Å²) in [6.07, 6.45) is 6.67. The Bertz CT molecular complexity index is 791. The van der Waals surface area contributed by atoms with Crippen molar-refractivity contribution >= 4 is 30.6 Å². The summed E-state index contributed by atoms with van der Waals surface area (Å²) in [4.78, 5) is 12.1. The van der Waals surface area contributed by atoms with Gasteiger partial charge in [-0.25, -0.2) is 4.68 Å². The van der Waals surface area contributed by atoms with Crippen LogP contribution in [0.2, 0.25) is 25.7 Å². The lowest BCUT2D eigenvalue weighted by Crippen LogP contribution is -2.51. The second-order valence-electron chi connectivity index (χ2n) is 8.90. The first-order chi connectivity index (χ1) is 12.8. The van der Waals surface area contributed by atoms with Crippen molar-refractivity contribution in [2.24, 2.45) is 5.73 Å². The van der Waals surface area contributed by atoms with Crippen LogP contribution in [0.25, 0.3) is 10.9 Å². The Labute approximate surface area is 162 Å². The van der Waals surface area contributed by atoms with Gasteiger partial charge in [-0.1, -0.05) is 38.9 Å². The first-order valence-corrected chi connectivity index (χ1v) is 13.6. The molecule has 0 radical (unpaired) electrons. The maximum Gasteiger partial charge on any atom is 0.243 e. The number of hydrogen-bond donors (Lipinski definition) is 2. The van der Waals surface area contributed by atoms with Crippen LogP contribution < -0.4 is 11.1 Å². The lowest BCUT2D eigenvalue weighted by atomic mass is 9.81. The molecule has 0 aliphatic heterocycles. The molecule has 2 aromatic rings. The van der Waals surface area contributed by atoms with E-state index in [0.29, 0.717) is 6.73 Å². The topological polar surface area (TPSA) is 82.2 Å². The Hall–Kier alpha value is -1.86. The number of carbonyl (C=O) groups is 1. The van der Waals surface area contributed by atoms with Gasteiger partial charge in [-0.2, -0.15) is 5.10 Å².